The van der Waals surface area contributed by atoms with Crippen LogP contribution in [-0.4, -0.2) is 21.5 Å². The Hall–Kier alpha value is -2.83. The molecule has 0 aliphatic carbocycles. The van der Waals surface area contributed by atoms with Crippen molar-refractivity contribution in [3.05, 3.63) is 57.8 Å². The lowest BCUT2D eigenvalue weighted by molar-refractivity contribution is -0.384. The van der Waals surface area contributed by atoms with Crippen LogP contribution in [0.15, 0.2) is 34.9 Å². The van der Waals surface area contributed by atoms with E-state index in [0.717, 1.165) is 0 Å². The highest BCUT2D eigenvalue weighted by atomic mass is 16.6. The molecule has 0 spiro atoms. The van der Waals surface area contributed by atoms with E-state index in [1.165, 1.54) is 37.4 Å². The van der Waals surface area contributed by atoms with Crippen LogP contribution < -0.4 is 0 Å². The van der Waals surface area contributed by atoms with E-state index in [2.05, 4.69) is 4.98 Å². The van der Waals surface area contributed by atoms with Crippen molar-refractivity contribution >= 4 is 17.3 Å². The highest BCUT2D eigenvalue weighted by Gasteiger charge is 2.18. The van der Waals surface area contributed by atoms with Crippen molar-refractivity contribution < 1.29 is 18.9 Å². The van der Waals surface area contributed by atoms with E-state index in [1.54, 1.807) is 0 Å². The molecule has 2 aromatic rings. The van der Waals surface area contributed by atoms with Gasteiger partial charge in [0.25, 0.3) is 11.6 Å². The first-order chi connectivity index (χ1) is 8.99. The number of rotatable bonds is 4. The zero-order valence-corrected chi connectivity index (χ0v) is 9.82. The molecule has 1 aromatic carbocycles. The van der Waals surface area contributed by atoms with Crippen LogP contribution in [0.3, 0.4) is 0 Å². The van der Waals surface area contributed by atoms with Gasteiger partial charge in [-0.2, -0.15) is 0 Å². The molecule has 96 valence electrons. The van der Waals surface area contributed by atoms with Gasteiger partial charge in [-0.15, -0.1) is 0 Å². The summed E-state index contributed by atoms with van der Waals surface area (Å²) in [6.45, 7) is 1.29. The first kappa shape index (κ1) is 12.6. The third-order valence-corrected chi connectivity index (χ3v) is 2.39. The molecule has 1 heterocycles. The fraction of sp³-hybridized carbons (Fsp3) is 0.0833. The van der Waals surface area contributed by atoms with Crippen LogP contribution in [0, 0.1) is 10.1 Å². The molecule has 0 aliphatic rings. The lowest BCUT2D eigenvalue weighted by Crippen LogP contribution is -2.01. The smallest absolute Gasteiger partial charge is 0.269 e. The third kappa shape index (κ3) is 2.54. The number of hydrogen-bond acceptors (Lipinski definition) is 6. The molecule has 1 aromatic heterocycles. The van der Waals surface area contributed by atoms with Crippen LogP contribution in [0.2, 0.25) is 0 Å². The minimum absolute atomic E-state index is 0.00902. The van der Waals surface area contributed by atoms with Crippen LogP contribution in [0.1, 0.15) is 33.7 Å². The van der Waals surface area contributed by atoms with Gasteiger partial charge in [0.2, 0.25) is 5.78 Å². The van der Waals surface area contributed by atoms with E-state index in [1.807, 2.05) is 0 Å². The van der Waals surface area contributed by atoms with Crippen molar-refractivity contribution in [2.45, 2.75) is 6.92 Å². The summed E-state index contributed by atoms with van der Waals surface area (Å²) >= 11 is 0. The van der Waals surface area contributed by atoms with Gasteiger partial charge in [0, 0.05) is 24.6 Å². The normalized spacial score (nSPS) is 10.2. The van der Waals surface area contributed by atoms with Crippen LogP contribution in [0.25, 0.3) is 0 Å². The van der Waals surface area contributed by atoms with E-state index in [9.17, 15) is 19.7 Å². The molecule has 0 unspecified atom stereocenters. The van der Waals surface area contributed by atoms with Gasteiger partial charge in [0.05, 0.1) is 11.1 Å². The van der Waals surface area contributed by atoms with Gasteiger partial charge >= 0.3 is 0 Å². The third-order valence-electron chi connectivity index (χ3n) is 2.39. The largest absolute Gasteiger partial charge is 0.430 e. The molecule has 0 atom stereocenters. The fourth-order valence-corrected chi connectivity index (χ4v) is 1.40. The second-order valence-electron chi connectivity index (χ2n) is 3.72. The van der Waals surface area contributed by atoms with E-state index < -0.39 is 10.7 Å². The molecule has 0 bridgehead atoms. The monoisotopic (exact) mass is 260 g/mol. The SMILES string of the molecule is CC(=O)c1cnc(C(=O)c2ccc([N+](=O)[O-])cc2)o1. The topological polar surface area (TPSA) is 103 Å². The molecule has 0 fully saturated rings. The number of Topliss-reactive ketones (excluding diaryl/α,β-unsaturated/α-hetero) is 1. The van der Waals surface area contributed by atoms with E-state index in [4.69, 9.17) is 4.42 Å². The predicted molar refractivity (Wildman–Crippen MR) is 63.0 cm³/mol. The Bertz CT molecular complexity index is 657. The molecule has 7 nitrogen and oxygen atoms in total. The summed E-state index contributed by atoms with van der Waals surface area (Å²) in [5, 5.41) is 10.5. The number of non-ortho nitro benzene ring substituents is 1. The highest BCUT2D eigenvalue weighted by molar-refractivity contribution is 6.06. The van der Waals surface area contributed by atoms with E-state index in [0.29, 0.717) is 0 Å². The number of hydrogen-bond donors (Lipinski definition) is 0. The quantitative estimate of drug-likeness (QED) is 0.473. The predicted octanol–water partition coefficient (Wildman–Crippen LogP) is 2.02. The van der Waals surface area contributed by atoms with E-state index >= 15 is 0 Å². The summed E-state index contributed by atoms with van der Waals surface area (Å²) in [6, 6.07) is 5.03. The van der Waals surface area contributed by atoms with Crippen molar-refractivity contribution in [1.29, 1.82) is 0 Å². The fourth-order valence-electron chi connectivity index (χ4n) is 1.40. The number of nitro groups is 1. The maximum absolute atomic E-state index is 11.9. The maximum Gasteiger partial charge on any atom is 0.269 e. The lowest BCUT2D eigenvalue weighted by Gasteiger charge is -1.96. The standard InChI is InChI=1S/C12H8N2O5/c1-7(15)10-6-13-12(19-10)11(16)8-2-4-9(5-3-8)14(17)18/h2-6H,1H3. The number of ketones is 2. The van der Waals surface area contributed by atoms with Gasteiger partial charge < -0.3 is 4.42 Å². The van der Waals surface area contributed by atoms with Gasteiger partial charge in [-0.3, -0.25) is 19.7 Å². The zero-order chi connectivity index (χ0) is 14.0. The van der Waals surface area contributed by atoms with Gasteiger partial charge in [-0.05, 0) is 12.1 Å². The second kappa shape index (κ2) is 4.81. The van der Waals surface area contributed by atoms with Crippen LogP contribution in [-0.2, 0) is 0 Å². The van der Waals surface area contributed by atoms with Gasteiger partial charge in [-0.25, -0.2) is 4.98 Å². The van der Waals surface area contributed by atoms with Crippen molar-refractivity contribution in [2.24, 2.45) is 0 Å². The van der Waals surface area contributed by atoms with Crippen molar-refractivity contribution in [1.82, 2.24) is 4.98 Å². The molecule has 19 heavy (non-hydrogen) atoms. The Kier molecular flexibility index (Phi) is 3.19. The Labute approximate surface area is 107 Å². The summed E-state index contributed by atoms with van der Waals surface area (Å²) in [4.78, 5) is 36.6. The number of benzene rings is 1. The average molecular weight is 260 g/mol. The number of nitrogens with zero attached hydrogens (tertiary/aromatic N) is 2. The van der Waals surface area contributed by atoms with Gasteiger partial charge in [-0.1, -0.05) is 0 Å². The Morgan fingerprint density at radius 2 is 1.89 bits per heavy atom. The van der Waals surface area contributed by atoms with Crippen molar-refractivity contribution in [3.63, 3.8) is 0 Å². The summed E-state index contributed by atoms with van der Waals surface area (Å²) in [5.41, 5.74) is 0.0796. The Balaban J connectivity index is 2.27. The number of oxazole rings is 1. The molecule has 0 amide bonds. The van der Waals surface area contributed by atoms with Crippen LogP contribution in [0.5, 0.6) is 0 Å². The van der Waals surface area contributed by atoms with Crippen LogP contribution in [0.4, 0.5) is 5.69 Å². The molecule has 0 saturated heterocycles. The number of carbonyl (C=O) groups excluding carboxylic acids is 2. The molecular formula is C12H8N2O5. The summed E-state index contributed by atoms with van der Waals surface area (Å²) in [6.07, 6.45) is 1.17. The van der Waals surface area contributed by atoms with E-state index in [-0.39, 0.29) is 28.7 Å². The molecule has 0 N–H and O–H groups in total. The van der Waals surface area contributed by atoms with Crippen molar-refractivity contribution in [3.8, 4) is 0 Å². The molecular weight excluding hydrogens is 252 g/mol. The highest BCUT2D eigenvalue weighted by Crippen LogP contribution is 2.15. The second-order valence-corrected chi connectivity index (χ2v) is 3.72. The first-order valence-electron chi connectivity index (χ1n) is 5.25. The van der Waals surface area contributed by atoms with Crippen LogP contribution >= 0.6 is 0 Å². The molecule has 0 aliphatic heterocycles. The lowest BCUT2D eigenvalue weighted by atomic mass is 10.1. The molecule has 2 rings (SSSR count). The first-order valence-corrected chi connectivity index (χ1v) is 5.25. The number of carbonyl (C=O) groups is 2. The average Bonchev–Trinajstić information content (AvgIpc) is 2.87. The summed E-state index contributed by atoms with van der Waals surface area (Å²) < 4.78 is 4.99. The molecule has 7 heteroatoms. The summed E-state index contributed by atoms with van der Waals surface area (Å²) in [7, 11) is 0. The molecule has 0 saturated carbocycles. The molecule has 0 radical (unpaired) electrons. The Morgan fingerprint density at radius 3 is 2.37 bits per heavy atom. The zero-order valence-electron chi connectivity index (χ0n) is 9.82. The number of nitro benzene ring substituents is 1. The summed E-state index contributed by atoms with van der Waals surface area (Å²) in [5.74, 6) is -1.11. The maximum atomic E-state index is 11.9. The van der Waals surface area contributed by atoms with Gasteiger partial charge in [0.15, 0.2) is 11.5 Å². The number of aromatic nitrogens is 1. The van der Waals surface area contributed by atoms with Gasteiger partial charge in [0.1, 0.15) is 0 Å². The minimum Gasteiger partial charge on any atom is -0.430 e. The minimum atomic E-state index is -0.562. The van der Waals surface area contributed by atoms with Crippen molar-refractivity contribution in [2.75, 3.05) is 0 Å². The Morgan fingerprint density at radius 1 is 1.26 bits per heavy atom.